The van der Waals surface area contributed by atoms with E-state index in [-0.39, 0.29) is 75.9 Å². The second kappa shape index (κ2) is 10.1. The molecule has 0 bridgehead atoms. The Morgan fingerprint density at radius 1 is 0.980 bits per heavy atom. The van der Waals surface area contributed by atoms with Crippen molar-refractivity contribution in [1.82, 2.24) is 0 Å². The Hall–Kier alpha value is -1.15. The molecule has 274 valence electrons. The molecule has 0 aromatic carbocycles. The number of aliphatic hydroxyl groups excluding tert-OH is 3. The summed E-state index contributed by atoms with van der Waals surface area (Å²) in [4.78, 5) is 12.9. The third-order valence-electron chi connectivity index (χ3n) is 16.3. The van der Waals surface area contributed by atoms with Crippen LogP contribution in [-0.2, 0) is 38.0 Å². The molecule has 0 aromatic heterocycles. The van der Waals surface area contributed by atoms with Crippen LogP contribution in [0.4, 0.5) is 0 Å². The summed E-state index contributed by atoms with van der Waals surface area (Å²) in [6.45, 7) is 15.2. The smallest absolute Gasteiger partial charge is 0.302 e. The molecule has 49 heavy (non-hydrogen) atoms. The number of aliphatic hydroxyl groups is 3. The zero-order chi connectivity index (χ0) is 34.9. The van der Waals surface area contributed by atoms with Crippen LogP contribution in [0.15, 0.2) is 11.6 Å². The van der Waals surface area contributed by atoms with Crippen LogP contribution in [0.3, 0.4) is 0 Å². The zero-order valence-corrected chi connectivity index (χ0v) is 30.3. The molecule has 4 saturated heterocycles. The Balaban J connectivity index is 1.05. The molecule has 9 aliphatic rings. The summed E-state index contributed by atoms with van der Waals surface area (Å²) in [6.07, 6.45) is 2.72. The van der Waals surface area contributed by atoms with Gasteiger partial charge in [-0.25, -0.2) is 0 Å². The summed E-state index contributed by atoms with van der Waals surface area (Å²) in [5.74, 6) is -0.345. The van der Waals surface area contributed by atoms with Crippen LogP contribution >= 0.6 is 0 Å². The van der Waals surface area contributed by atoms with E-state index < -0.39 is 42.3 Å². The molecule has 0 aromatic rings. The fraction of sp³-hybridized carbons (Fsp3) is 0.921. The minimum absolute atomic E-state index is 0.0519. The highest BCUT2D eigenvalue weighted by Gasteiger charge is 2.85. The van der Waals surface area contributed by atoms with Crippen LogP contribution in [0.2, 0.25) is 0 Å². The monoisotopic (exact) mass is 688 g/mol. The predicted octanol–water partition coefficient (Wildman–Crippen LogP) is 3.60. The first-order valence-electron chi connectivity index (χ1n) is 18.7. The van der Waals surface area contributed by atoms with Crippen LogP contribution in [0.5, 0.6) is 0 Å². The van der Waals surface area contributed by atoms with Crippen LogP contribution < -0.4 is 0 Å². The number of esters is 1. The average Bonchev–Trinajstić information content (AvgIpc) is 3.86. The normalized spacial score (nSPS) is 60.6. The molecular weight excluding hydrogens is 632 g/mol. The van der Waals surface area contributed by atoms with Crippen LogP contribution in [0.25, 0.3) is 0 Å². The van der Waals surface area contributed by atoms with Crippen LogP contribution in [-0.4, -0.2) is 102 Å². The number of epoxide rings is 1. The number of rotatable bonds is 4. The lowest BCUT2D eigenvalue weighted by molar-refractivity contribution is -0.349. The average molecular weight is 689 g/mol. The largest absolute Gasteiger partial charge is 0.462 e. The van der Waals surface area contributed by atoms with Gasteiger partial charge in [0, 0.05) is 36.7 Å². The van der Waals surface area contributed by atoms with Crippen molar-refractivity contribution in [2.75, 3.05) is 13.7 Å². The minimum Gasteiger partial charge on any atom is -0.462 e. The number of methoxy groups -OCH3 is 1. The number of ether oxygens (including phenoxy) is 7. The van der Waals surface area contributed by atoms with Gasteiger partial charge in [0.05, 0.1) is 18.8 Å². The van der Waals surface area contributed by atoms with Crippen molar-refractivity contribution in [3.05, 3.63) is 11.6 Å². The first-order chi connectivity index (χ1) is 22.9. The molecule has 3 unspecified atom stereocenters. The zero-order valence-electron chi connectivity index (χ0n) is 30.3. The van der Waals surface area contributed by atoms with Crippen LogP contribution in [0, 0.1) is 44.8 Å². The highest BCUT2D eigenvalue weighted by atomic mass is 16.8. The molecule has 18 atom stereocenters. The first kappa shape index (κ1) is 33.7. The van der Waals surface area contributed by atoms with E-state index in [2.05, 4.69) is 40.7 Å². The Bertz CT molecular complexity index is 1470. The van der Waals surface area contributed by atoms with E-state index in [0.717, 1.165) is 38.5 Å². The SMILES string of the molecule is CO[C@H]1OC2(C[C@@H](C)[C@H]3[C@H](C[C@@]4(C)C5=CC[C@H]6C(C)(C)[C@@H](O[C@@H]7OC[C@@H](O)[C@H](O)[C@H]7O)CC[C@@]67C[C@@]57C[C@@H](OC(C)=O)[C@]34C)O2)C2OC21C. The third kappa shape index (κ3) is 3.93. The summed E-state index contributed by atoms with van der Waals surface area (Å²) in [7, 11) is 1.66. The maximum Gasteiger partial charge on any atom is 0.302 e. The second-order valence-corrected chi connectivity index (χ2v) is 18.7. The standard InChI is InChI=1S/C38H56O11/c1-18-13-38(30-35(7,48-30)31(43-8)49-38)47-21-14-33(5)23-10-9-22-32(3,4)24(46-29-28(42)27(41)20(40)16-44-29)11-12-36(22)17-37(23,36)15-25(45-19(2)39)34(33,6)26(18)21/h10,18,20-22,24-31,40-42H,9,11-17H2,1-8H3/t18-,20-,21+,22+,24+,25-,26+,27+,28-,29+,30?,31+,33+,34-,35?,36-,37+,38?/m1/s1. The van der Waals surface area contributed by atoms with Crippen molar-refractivity contribution in [2.45, 2.75) is 160 Å². The number of hydrogen-bond donors (Lipinski definition) is 3. The Morgan fingerprint density at radius 2 is 1.73 bits per heavy atom. The van der Waals surface area contributed by atoms with Gasteiger partial charge in [0.2, 0.25) is 5.79 Å². The summed E-state index contributed by atoms with van der Waals surface area (Å²) in [5.41, 5.74) is 0.173. The van der Waals surface area contributed by atoms with E-state index in [4.69, 9.17) is 33.2 Å². The molecule has 11 heteroatoms. The van der Waals surface area contributed by atoms with Gasteiger partial charge in [-0.15, -0.1) is 0 Å². The van der Waals surface area contributed by atoms with Crippen LogP contribution in [0.1, 0.15) is 93.4 Å². The molecule has 9 rings (SSSR count). The van der Waals surface area contributed by atoms with Crippen molar-refractivity contribution < 1.29 is 53.3 Å². The van der Waals surface area contributed by atoms with E-state index in [1.165, 1.54) is 5.57 Å². The molecule has 11 nitrogen and oxygen atoms in total. The molecule has 0 radical (unpaired) electrons. The van der Waals surface area contributed by atoms with Gasteiger partial charge in [0.25, 0.3) is 0 Å². The van der Waals surface area contributed by atoms with Crippen molar-refractivity contribution >= 4 is 5.97 Å². The lowest BCUT2D eigenvalue weighted by Gasteiger charge is -2.62. The van der Waals surface area contributed by atoms with Crippen molar-refractivity contribution in [1.29, 1.82) is 0 Å². The van der Waals surface area contributed by atoms with E-state index in [1.807, 2.05) is 6.92 Å². The minimum atomic E-state index is -1.31. The summed E-state index contributed by atoms with van der Waals surface area (Å²) < 4.78 is 44.3. The number of carbonyl (C=O) groups is 1. The van der Waals surface area contributed by atoms with Gasteiger partial charge in [-0.3, -0.25) is 4.79 Å². The quantitative estimate of drug-likeness (QED) is 0.226. The lowest BCUT2D eigenvalue weighted by Crippen LogP contribution is -2.61. The van der Waals surface area contributed by atoms with E-state index in [9.17, 15) is 20.1 Å². The molecule has 3 N–H and O–H groups in total. The van der Waals surface area contributed by atoms with Crippen molar-refractivity contribution in [2.24, 2.45) is 44.8 Å². The van der Waals surface area contributed by atoms with Gasteiger partial charge >= 0.3 is 5.97 Å². The third-order valence-corrected chi connectivity index (χ3v) is 16.3. The summed E-state index contributed by atoms with van der Waals surface area (Å²) in [5, 5.41) is 31.0. The van der Waals surface area contributed by atoms with Crippen molar-refractivity contribution in [3.8, 4) is 0 Å². The first-order valence-corrected chi connectivity index (χ1v) is 18.7. The maximum absolute atomic E-state index is 12.9. The number of fused-ring (bicyclic) bond motifs is 6. The fourth-order valence-electron chi connectivity index (χ4n) is 14.0. The van der Waals surface area contributed by atoms with Gasteiger partial charge in [-0.05, 0) is 74.0 Å². The van der Waals surface area contributed by atoms with Gasteiger partial charge in [0.1, 0.15) is 36.1 Å². The van der Waals surface area contributed by atoms with Gasteiger partial charge in [-0.1, -0.05) is 46.3 Å². The molecule has 4 heterocycles. The molecule has 4 aliphatic heterocycles. The maximum atomic E-state index is 12.9. The van der Waals surface area contributed by atoms with Crippen molar-refractivity contribution in [3.63, 3.8) is 0 Å². The molecule has 3 spiro atoms. The second-order valence-electron chi connectivity index (χ2n) is 18.7. The Kier molecular flexibility index (Phi) is 6.93. The molecular formula is C38H56O11. The molecule has 0 amide bonds. The summed E-state index contributed by atoms with van der Waals surface area (Å²) in [6, 6.07) is 0. The summed E-state index contributed by atoms with van der Waals surface area (Å²) >= 11 is 0. The molecule has 5 aliphatic carbocycles. The highest BCUT2D eigenvalue weighted by molar-refractivity contribution is 5.66. The van der Waals surface area contributed by atoms with E-state index in [0.29, 0.717) is 12.3 Å². The highest BCUT2D eigenvalue weighted by Crippen LogP contribution is 2.88. The van der Waals surface area contributed by atoms with Gasteiger partial charge in [-0.2, -0.15) is 0 Å². The predicted molar refractivity (Wildman–Crippen MR) is 172 cm³/mol. The van der Waals surface area contributed by atoms with E-state index in [1.54, 1.807) is 14.0 Å². The van der Waals surface area contributed by atoms with E-state index >= 15 is 0 Å². The van der Waals surface area contributed by atoms with Gasteiger partial charge in [0.15, 0.2) is 12.6 Å². The Morgan fingerprint density at radius 3 is 2.43 bits per heavy atom. The fourth-order valence-corrected chi connectivity index (χ4v) is 14.0. The number of hydrogen-bond acceptors (Lipinski definition) is 11. The molecule has 4 saturated carbocycles. The Labute approximate surface area is 289 Å². The number of allylic oxidation sites excluding steroid dienone is 2. The van der Waals surface area contributed by atoms with Gasteiger partial charge < -0.3 is 48.5 Å². The topological polar surface area (TPSA) is 146 Å². The number of carbonyl (C=O) groups excluding carboxylic acids is 1. The molecule has 8 fully saturated rings. The lowest BCUT2D eigenvalue weighted by atomic mass is 9.44.